The van der Waals surface area contributed by atoms with Crippen LogP contribution in [-0.2, 0) is 11.3 Å². The second-order valence-electron chi connectivity index (χ2n) is 8.83. The highest BCUT2D eigenvalue weighted by Gasteiger charge is 2.30. The van der Waals surface area contributed by atoms with Gasteiger partial charge in [0.1, 0.15) is 5.82 Å². The number of fused-ring (bicyclic) bond motifs is 1. The zero-order valence-corrected chi connectivity index (χ0v) is 20.5. The third-order valence-electron chi connectivity index (χ3n) is 6.35. The summed E-state index contributed by atoms with van der Waals surface area (Å²) in [5.41, 5.74) is 9.87. The molecule has 1 amide bonds. The SMILES string of the molecule is O=C(NNC1CCCCC1)c1nn(-c2ccc(Cl)cc2Cl)c2c1COCC2=Cc1ccc(F)cc1. The Kier molecular flexibility index (Phi) is 7.20. The molecular formula is C26H25Cl2FN4O2. The molecule has 0 radical (unpaired) electrons. The van der Waals surface area contributed by atoms with Crippen molar-refractivity contribution < 1.29 is 13.9 Å². The van der Waals surface area contributed by atoms with Gasteiger partial charge < -0.3 is 4.74 Å². The van der Waals surface area contributed by atoms with E-state index in [2.05, 4.69) is 16.0 Å². The molecule has 0 unspecified atom stereocenters. The lowest BCUT2D eigenvalue weighted by molar-refractivity contribution is 0.0906. The molecule has 2 aromatic carbocycles. The van der Waals surface area contributed by atoms with Crippen LogP contribution < -0.4 is 10.9 Å². The lowest BCUT2D eigenvalue weighted by Crippen LogP contribution is -2.45. The average Bonchev–Trinajstić information content (AvgIpc) is 3.25. The molecule has 0 saturated heterocycles. The van der Waals surface area contributed by atoms with Crippen LogP contribution in [0.2, 0.25) is 10.0 Å². The molecule has 2 N–H and O–H groups in total. The Balaban J connectivity index is 1.56. The first-order chi connectivity index (χ1) is 17.0. The minimum atomic E-state index is -0.331. The third-order valence-corrected chi connectivity index (χ3v) is 6.89. The zero-order chi connectivity index (χ0) is 24.4. The Morgan fingerprint density at radius 2 is 1.86 bits per heavy atom. The van der Waals surface area contributed by atoms with Crippen LogP contribution in [0.5, 0.6) is 0 Å². The van der Waals surface area contributed by atoms with Gasteiger partial charge >= 0.3 is 0 Å². The highest BCUT2D eigenvalue weighted by molar-refractivity contribution is 6.35. The highest BCUT2D eigenvalue weighted by atomic mass is 35.5. The molecule has 6 nitrogen and oxygen atoms in total. The molecule has 2 heterocycles. The van der Waals surface area contributed by atoms with Gasteiger partial charge in [-0.1, -0.05) is 54.6 Å². The lowest BCUT2D eigenvalue weighted by Gasteiger charge is -2.23. The summed E-state index contributed by atoms with van der Waals surface area (Å²) >= 11 is 12.7. The number of hydrogen-bond acceptors (Lipinski definition) is 4. The number of hydrazine groups is 1. The van der Waals surface area contributed by atoms with Crippen LogP contribution in [0.15, 0.2) is 42.5 Å². The van der Waals surface area contributed by atoms with E-state index in [-0.39, 0.29) is 30.1 Å². The summed E-state index contributed by atoms with van der Waals surface area (Å²) in [5, 5.41) is 5.58. The van der Waals surface area contributed by atoms with Crippen molar-refractivity contribution in [2.24, 2.45) is 0 Å². The van der Waals surface area contributed by atoms with E-state index < -0.39 is 0 Å². The van der Waals surface area contributed by atoms with Gasteiger partial charge in [-0.25, -0.2) is 14.5 Å². The smallest absolute Gasteiger partial charge is 0.286 e. The summed E-state index contributed by atoms with van der Waals surface area (Å²) in [6.07, 6.45) is 7.49. The number of ether oxygens (including phenoxy) is 1. The maximum Gasteiger partial charge on any atom is 0.286 e. The largest absolute Gasteiger partial charge is 0.372 e. The van der Waals surface area contributed by atoms with Crippen LogP contribution in [0.3, 0.4) is 0 Å². The van der Waals surface area contributed by atoms with Crippen LogP contribution in [0, 0.1) is 5.82 Å². The fraction of sp³-hybridized carbons (Fsp3) is 0.308. The van der Waals surface area contributed by atoms with Crippen LogP contribution in [0.1, 0.15) is 59.4 Å². The van der Waals surface area contributed by atoms with Crippen LogP contribution in [0.4, 0.5) is 4.39 Å². The molecule has 1 aromatic heterocycles. The van der Waals surface area contributed by atoms with Crippen molar-refractivity contribution in [2.45, 2.75) is 44.8 Å². The fourth-order valence-electron chi connectivity index (χ4n) is 4.60. The molecule has 0 atom stereocenters. The first kappa shape index (κ1) is 24.0. The van der Waals surface area contributed by atoms with Gasteiger partial charge in [0.25, 0.3) is 5.91 Å². The number of halogens is 3. The number of amides is 1. The van der Waals surface area contributed by atoms with Crippen molar-refractivity contribution in [3.05, 3.63) is 80.8 Å². The van der Waals surface area contributed by atoms with Crippen molar-refractivity contribution in [3.63, 3.8) is 0 Å². The minimum absolute atomic E-state index is 0.230. The molecule has 0 bridgehead atoms. The van der Waals surface area contributed by atoms with Gasteiger partial charge in [0.05, 0.1) is 29.6 Å². The topological polar surface area (TPSA) is 68.2 Å². The number of carbonyl (C=O) groups is 1. The molecule has 1 fully saturated rings. The van der Waals surface area contributed by atoms with E-state index in [1.165, 1.54) is 18.6 Å². The minimum Gasteiger partial charge on any atom is -0.372 e. The quantitative estimate of drug-likeness (QED) is 0.412. The summed E-state index contributed by atoms with van der Waals surface area (Å²) < 4.78 is 20.9. The molecule has 1 aliphatic carbocycles. The average molecular weight is 515 g/mol. The highest BCUT2D eigenvalue weighted by Crippen LogP contribution is 2.34. The standard InChI is InChI=1S/C26H25Cl2FN4O2/c27-18-8-11-23(22(28)13-18)33-25-17(12-16-6-9-19(29)10-7-16)14-35-15-21(25)24(32-33)26(34)31-30-20-4-2-1-3-5-20/h6-13,20,30H,1-5,14-15H2,(H,31,34). The van der Waals surface area contributed by atoms with Crippen LogP contribution in [-0.4, -0.2) is 28.3 Å². The molecule has 1 aliphatic heterocycles. The Morgan fingerprint density at radius 1 is 1.09 bits per heavy atom. The molecule has 1 saturated carbocycles. The van der Waals surface area contributed by atoms with Gasteiger partial charge in [-0.05, 0) is 54.8 Å². The first-order valence-corrected chi connectivity index (χ1v) is 12.4. The predicted octanol–water partition coefficient (Wildman–Crippen LogP) is 5.96. The Bertz CT molecular complexity index is 1270. The molecule has 182 valence electrons. The van der Waals surface area contributed by atoms with E-state index in [9.17, 15) is 9.18 Å². The molecule has 9 heteroatoms. The lowest BCUT2D eigenvalue weighted by atomic mass is 9.96. The molecule has 2 aliphatic rings. The molecule has 3 aromatic rings. The van der Waals surface area contributed by atoms with Crippen LogP contribution in [0.25, 0.3) is 17.3 Å². The Labute approximate surface area is 213 Å². The van der Waals surface area contributed by atoms with Crippen molar-refractivity contribution in [1.82, 2.24) is 20.6 Å². The maximum absolute atomic E-state index is 13.4. The van der Waals surface area contributed by atoms with E-state index in [4.69, 9.17) is 27.9 Å². The Hall–Kier alpha value is -2.71. The van der Waals surface area contributed by atoms with E-state index in [0.29, 0.717) is 27.9 Å². The number of hydrogen-bond donors (Lipinski definition) is 2. The van der Waals surface area contributed by atoms with Gasteiger partial charge in [-0.3, -0.25) is 10.2 Å². The fourth-order valence-corrected chi connectivity index (χ4v) is 5.09. The number of benzene rings is 2. The summed E-state index contributed by atoms with van der Waals surface area (Å²) in [6.45, 7) is 0.538. The molecular weight excluding hydrogens is 490 g/mol. The van der Waals surface area contributed by atoms with E-state index in [1.54, 1.807) is 35.0 Å². The van der Waals surface area contributed by atoms with Gasteiger partial charge in [-0.2, -0.15) is 5.10 Å². The van der Waals surface area contributed by atoms with Gasteiger partial charge in [0.2, 0.25) is 0 Å². The maximum atomic E-state index is 13.4. The molecule has 35 heavy (non-hydrogen) atoms. The number of nitrogens with zero attached hydrogens (tertiary/aromatic N) is 2. The van der Waals surface area contributed by atoms with E-state index in [1.807, 2.05) is 6.08 Å². The summed E-state index contributed by atoms with van der Waals surface area (Å²) in [6, 6.07) is 11.6. The van der Waals surface area contributed by atoms with Crippen molar-refractivity contribution in [3.8, 4) is 5.69 Å². The summed E-state index contributed by atoms with van der Waals surface area (Å²) in [4.78, 5) is 13.2. The van der Waals surface area contributed by atoms with Gasteiger partial charge in [-0.15, -0.1) is 0 Å². The number of aromatic nitrogens is 2. The Morgan fingerprint density at radius 3 is 2.60 bits per heavy atom. The predicted molar refractivity (Wildman–Crippen MR) is 135 cm³/mol. The monoisotopic (exact) mass is 514 g/mol. The second kappa shape index (κ2) is 10.5. The van der Waals surface area contributed by atoms with Crippen molar-refractivity contribution in [2.75, 3.05) is 6.61 Å². The third kappa shape index (κ3) is 5.28. The van der Waals surface area contributed by atoms with E-state index >= 15 is 0 Å². The normalized spacial score (nSPS) is 17.4. The molecule has 5 rings (SSSR count). The van der Waals surface area contributed by atoms with Crippen molar-refractivity contribution in [1.29, 1.82) is 0 Å². The van der Waals surface area contributed by atoms with Gasteiger partial charge in [0, 0.05) is 22.2 Å². The van der Waals surface area contributed by atoms with Crippen molar-refractivity contribution >= 4 is 40.8 Å². The van der Waals surface area contributed by atoms with Gasteiger partial charge in [0.15, 0.2) is 5.69 Å². The van der Waals surface area contributed by atoms with Crippen LogP contribution >= 0.6 is 23.2 Å². The second-order valence-corrected chi connectivity index (χ2v) is 9.67. The molecule has 0 spiro atoms. The zero-order valence-electron chi connectivity index (χ0n) is 19.0. The number of rotatable bonds is 5. The summed E-state index contributed by atoms with van der Waals surface area (Å²) in [5.74, 6) is -0.641. The number of carbonyl (C=O) groups excluding carboxylic acids is 1. The summed E-state index contributed by atoms with van der Waals surface area (Å²) in [7, 11) is 0. The number of nitrogens with one attached hydrogen (secondary N) is 2. The first-order valence-electron chi connectivity index (χ1n) is 11.7. The van der Waals surface area contributed by atoms with E-state index in [0.717, 1.165) is 42.5 Å².